The number of likely N-dealkylation sites (tertiary alicyclic amines) is 1. The summed E-state index contributed by atoms with van der Waals surface area (Å²) in [6.45, 7) is 6.05. The highest BCUT2D eigenvalue weighted by Crippen LogP contribution is 2.33. The molecule has 3 aliphatic rings. The molecule has 0 unspecified atom stereocenters. The van der Waals surface area contributed by atoms with Gasteiger partial charge < -0.3 is 14.5 Å². The number of hydrogen-bond donors (Lipinski definition) is 0. The Morgan fingerprint density at radius 2 is 2.04 bits per heavy atom. The van der Waals surface area contributed by atoms with E-state index in [4.69, 9.17) is 4.74 Å². The molecule has 132 valence electrons. The highest BCUT2D eigenvalue weighted by atomic mass is 32.1. The van der Waals surface area contributed by atoms with Gasteiger partial charge in [-0.3, -0.25) is 4.90 Å². The lowest BCUT2D eigenvalue weighted by Gasteiger charge is -2.25. The van der Waals surface area contributed by atoms with Gasteiger partial charge in [-0.15, -0.1) is 11.3 Å². The van der Waals surface area contributed by atoms with Crippen molar-refractivity contribution in [2.45, 2.75) is 44.2 Å². The van der Waals surface area contributed by atoms with E-state index >= 15 is 0 Å². The van der Waals surface area contributed by atoms with E-state index in [1.54, 1.807) is 4.90 Å². The number of aromatic nitrogens is 1. The molecule has 3 fully saturated rings. The van der Waals surface area contributed by atoms with E-state index in [0.29, 0.717) is 0 Å². The molecule has 24 heavy (non-hydrogen) atoms. The van der Waals surface area contributed by atoms with Gasteiger partial charge in [0, 0.05) is 50.7 Å². The summed E-state index contributed by atoms with van der Waals surface area (Å²) in [5.74, 6) is 0. The van der Waals surface area contributed by atoms with E-state index in [1.807, 2.05) is 24.6 Å². The third-order valence-corrected chi connectivity index (χ3v) is 6.47. The zero-order valence-electron chi connectivity index (χ0n) is 14.4. The van der Waals surface area contributed by atoms with Crippen LogP contribution in [0.15, 0.2) is 6.20 Å². The Kier molecular flexibility index (Phi) is 4.39. The summed E-state index contributed by atoms with van der Waals surface area (Å²) in [5.41, 5.74) is -0.255. The molecule has 0 aliphatic carbocycles. The van der Waals surface area contributed by atoms with Crippen molar-refractivity contribution in [2.24, 2.45) is 0 Å². The Hall–Kier alpha value is -1.34. The summed E-state index contributed by atoms with van der Waals surface area (Å²) in [6.07, 6.45) is 7.44. The summed E-state index contributed by atoms with van der Waals surface area (Å²) in [4.78, 5) is 24.3. The van der Waals surface area contributed by atoms with Gasteiger partial charge in [-0.05, 0) is 32.2 Å². The lowest BCUT2D eigenvalue weighted by Crippen LogP contribution is -2.35. The largest absolute Gasteiger partial charge is 0.441 e. The van der Waals surface area contributed by atoms with Gasteiger partial charge in [-0.2, -0.15) is 0 Å². The summed E-state index contributed by atoms with van der Waals surface area (Å²) < 4.78 is 5.70. The maximum absolute atomic E-state index is 11.7. The summed E-state index contributed by atoms with van der Waals surface area (Å²) in [5, 5.41) is 1.18. The first-order valence-corrected chi connectivity index (χ1v) is 9.81. The van der Waals surface area contributed by atoms with Crippen molar-refractivity contribution in [1.82, 2.24) is 14.8 Å². The highest BCUT2D eigenvalue weighted by Gasteiger charge is 2.44. The molecule has 1 aromatic heterocycles. The van der Waals surface area contributed by atoms with Crippen LogP contribution in [-0.4, -0.2) is 66.2 Å². The Balaban J connectivity index is 1.35. The van der Waals surface area contributed by atoms with Crippen LogP contribution in [0, 0.1) is 0 Å². The Morgan fingerprint density at radius 3 is 2.79 bits per heavy atom. The van der Waals surface area contributed by atoms with Crippen molar-refractivity contribution < 1.29 is 9.53 Å². The molecule has 3 saturated heterocycles. The molecule has 1 amide bonds. The fourth-order valence-corrected chi connectivity index (χ4v) is 5.08. The zero-order chi connectivity index (χ0) is 16.6. The molecule has 3 aliphatic heterocycles. The van der Waals surface area contributed by atoms with Gasteiger partial charge in [0.15, 0.2) is 5.13 Å². The standard InChI is InChI=1S/C17H26N4O2S/c1-19-13-17(23-16(19)22)5-4-7-20(10-6-17)12-14-11-18-15(24-14)21-8-2-3-9-21/h11H,2-10,12-13H2,1H3/t17-/m0/s1. The van der Waals surface area contributed by atoms with E-state index in [-0.39, 0.29) is 11.7 Å². The third-order valence-electron chi connectivity index (χ3n) is 5.43. The number of carbonyl (C=O) groups excluding carboxylic acids is 1. The Bertz CT molecular complexity index is 601. The number of ether oxygens (including phenoxy) is 1. The maximum Gasteiger partial charge on any atom is 0.410 e. The maximum atomic E-state index is 11.7. The van der Waals surface area contributed by atoms with Gasteiger partial charge in [-0.25, -0.2) is 9.78 Å². The van der Waals surface area contributed by atoms with E-state index in [1.165, 1.54) is 22.9 Å². The molecule has 6 nitrogen and oxygen atoms in total. The fourth-order valence-electron chi connectivity index (χ4n) is 4.08. The van der Waals surface area contributed by atoms with Crippen LogP contribution in [0.1, 0.15) is 37.0 Å². The van der Waals surface area contributed by atoms with Gasteiger partial charge in [0.2, 0.25) is 0 Å². The van der Waals surface area contributed by atoms with Crippen molar-refractivity contribution in [3.63, 3.8) is 0 Å². The number of thiazole rings is 1. The molecule has 0 aromatic carbocycles. The normalized spacial score (nSPS) is 28.6. The molecular weight excluding hydrogens is 324 g/mol. The van der Waals surface area contributed by atoms with Gasteiger partial charge in [0.25, 0.3) is 0 Å². The Labute approximate surface area is 147 Å². The minimum Gasteiger partial charge on any atom is -0.441 e. The number of amides is 1. The van der Waals surface area contributed by atoms with Crippen molar-refractivity contribution in [2.75, 3.05) is 44.7 Å². The summed E-state index contributed by atoms with van der Waals surface area (Å²) in [7, 11) is 1.83. The third kappa shape index (κ3) is 3.24. The molecule has 0 saturated carbocycles. The second-order valence-corrected chi connectivity index (χ2v) is 8.43. The molecule has 0 radical (unpaired) electrons. The van der Waals surface area contributed by atoms with Crippen LogP contribution < -0.4 is 4.90 Å². The van der Waals surface area contributed by atoms with Gasteiger partial charge in [-0.1, -0.05) is 0 Å². The van der Waals surface area contributed by atoms with Crippen LogP contribution >= 0.6 is 11.3 Å². The van der Waals surface area contributed by atoms with E-state index in [9.17, 15) is 4.79 Å². The number of carbonyl (C=O) groups is 1. The first kappa shape index (κ1) is 16.1. The lowest BCUT2D eigenvalue weighted by molar-refractivity contribution is 0.0443. The molecule has 1 atom stereocenters. The minimum atomic E-state index is -0.255. The van der Waals surface area contributed by atoms with Crippen LogP contribution in [-0.2, 0) is 11.3 Å². The van der Waals surface area contributed by atoms with Gasteiger partial charge in [0.1, 0.15) is 5.60 Å². The number of rotatable bonds is 3. The second-order valence-electron chi connectivity index (χ2n) is 7.34. The zero-order valence-corrected chi connectivity index (χ0v) is 15.2. The molecule has 4 rings (SSSR count). The molecule has 0 bridgehead atoms. The average Bonchev–Trinajstić information content (AvgIpc) is 3.24. The topological polar surface area (TPSA) is 48.9 Å². The molecule has 1 aromatic rings. The number of hydrogen-bond acceptors (Lipinski definition) is 6. The van der Waals surface area contributed by atoms with E-state index in [0.717, 1.165) is 58.5 Å². The van der Waals surface area contributed by atoms with Crippen LogP contribution in [0.5, 0.6) is 0 Å². The molecular formula is C17H26N4O2S. The van der Waals surface area contributed by atoms with E-state index in [2.05, 4.69) is 14.8 Å². The fraction of sp³-hybridized carbons (Fsp3) is 0.765. The first-order chi connectivity index (χ1) is 11.6. The van der Waals surface area contributed by atoms with Crippen molar-refractivity contribution in [1.29, 1.82) is 0 Å². The predicted octanol–water partition coefficient (Wildman–Crippen LogP) is 2.55. The smallest absolute Gasteiger partial charge is 0.410 e. The molecule has 4 heterocycles. The summed E-state index contributed by atoms with van der Waals surface area (Å²) >= 11 is 1.83. The van der Waals surface area contributed by atoms with Crippen LogP contribution in [0.25, 0.3) is 0 Å². The van der Waals surface area contributed by atoms with Gasteiger partial charge in [0.05, 0.1) is 6.54 Å². The molecule has 0 N–H and O–H groups in total. The molecule has 7 heteroatoms. The summed E-state index contributed by atoms with van der Waals surface area (Å²) in [6, 6.07) is 0. The van der Waals surface area contributed by atoms with Crippen molar-refractivity contribution in [3.05, 3.63) is 11.1 Å². The quantitative estimate of drug-likeness (QED) is 0.838. The minimum absolute atomic E-state index is 0.166. The SMILES string of the molecule is CN1C[C@@]2(CCCN(Cc3cnc(N4CCCC4)s3)CC2)OC1=O. The first-order valence-electron chi connectivity index (χ1n) is 9.00. The van der Waals surface area contributed by atoms with Gasteiger partial charge >= 0.3 is 6.09 Å². The van der Waals surface area contributed by atoms with Crippen LogP contribution in [0.2, 0.25) is 0 Å². The van der Waals surface area contributed by atoms with Crippen molar-refractivity contribution in [3.8, 4) is 0 Å². The highest BCUT2D eigenvalue weighted by molar-refractivity contribution is 7.15. The predicted molar refractivity (Wildman–Crippen MR) is 94.5 cm³/mol. The van der Waals surface area contributed by atoms with E-state index < -0.39 is 0 Å². The van der Waals surface area contributed by atoms with Crippen LogP contribution in [0.3, 0.4) is 0 Å². The average molecular weight is 350 g/mol. The molecule has 1 spiro atoms. The lowest BCUT2D eigenvalue weighted by atomic mass is 9.95. The Morgan fingerprint density at radius 1 is 1.21 bits per heavy atom. The number of nitrogens with zero attached hydrogens (tertiary/aromatic N) is 4. The second kappa shape index (κ2) is 6.52. The van der Waals surface area contributed by atoms with Crippen LogP contribution in [0.4, 0.5) is 9.93 Å². The monoisotopic (exact) mass is 350 g/mol. The number of likely N-dealkylation sites (N-methyl/N-ethyl adjacent to an activating group) is 1. The number of anilines is 1. The van der Waals surface area contributed by atoms with Crippen molar-refractivity contribution >= 4 is 22.6 Å².